The molecule has 0 bridgehead atoms. The normalized spacial score (nSPS) is 10.3. The number of carbonyl (C=O) groups excluding carboxylic acids is 1. The molecule has 0 heterocycles. The number of rotatable bonds is 2. The van der Waals surface area contributed by atoms with Crippen LogP contribution in [0.1, 0.15) is 10.4 Å². The van der Waals surface area contributed by atoms with Crippen molar-refractivity contribution in [3.05, 3.63) is 63.9 Å². The summed E-state index contributed by atoms with van der Waals surface area (Å²) < 4.78 is 39.9. The van der Waals surface area contributed by atoms with Crippen LogP contribution in [0.3, 0.4) is 0 Å². The Hall–Kier alpha value is -1.82. The minimum Gasteiger partial charge on any atom is -0.317 e. The van der Waals surface area contributed by atoms with Crippen LogP contribution in [0.15, 0.2) is 40.9 Å². The molecular formula is C13H7BrF3NO. The van der Waals surface area contributed by atoms with Crippen LogP contribution < -0.4 is 5.32 Å². The molecule has 0 radical (unpaired) electrons. The second-order valence-electron chi connectivity index (χ2n) is 3.71. The lowest BCUT2D eigenvalue weighted by Gasteiger charge is -2.08. The molecule has 2 aromatic carbocycles. The summed E-state index contributed by atoms with van der Waals surface area (Å²) in [5.41, 5.74) is -0.444. The smallest absolute Gasteiger partial charge is 0.255 e. The molecule has 6 heteroatoms. The third-order valence-electron chi connectivity index (χ3n) is 2.35. The largest absolute Gasteiger partial charge is 0.317 e. The molecule has 1 amide bonds. The second kappa shape index (κ2) is 5.44. The summed E-state index contributed by atoms with van der Waals surface area (Å²) in [5, 5.41) is 2.11. The monoisotopic (exact) mass is 329 g/mol. The van der Waals surface area contributed by atoms with Gasteiger partial charge in [-0.2, -0.15) is 0 Å². The highest BCUT2D eigenvalue weighted by Crippen LogP contribution is 2.24. The molecule has 2 aromatic rings. The van der Waals surface area contributed by atoms with E-state index in [1.165, 1.54) is 12.1 Å². The summed E-state index contributed by atoms with van der Waals surface area (Å²) >= 11 is 2.93. The van der Waals surface area contributed by atoms with E-state index in [1.807, 2.05) is 0 Å². The van der Waals surface area contributed by atoms with Crippen LogP contribution in [0, 0.1) is 17.5 Å². The van der Waals surface area contributed by atoms with Crippen molar-refractivity contribution >= 4 is 27.5 Å². The van der Waals surface area contributed by atoms with Crippen molar-refractivity contribution in [3.8, 4) is 0 Å². The van der Waals surface area contributed by atoms with Gasteiger partial charge in [-0.15, -0.1) is 0 Å². The molecule has 0 aliphatic rings. The summed E-state index contributed by atoms with van der Waals surface area (Å²) in [6.45, 7) is 0. The number of carbonyl (C=O) groups is 1. The van der Waals surface area contributed by atoms with Crippen LogP contribution in [-0.4, -0.2) is 5.91 Å². The molecule has 98 valence electrons. The number of halogens is 4. The number of nitrogens with one attached hydrogen (secondary N) is 1. The van der Waals surface area contributed by atoms with Gasteiger partial charge in [-0.25, -0.2) is 13.2 Å². The van der Waals surface area contributed by atoms with Crippen molar-refractivity contribution < 1.29 is 18.0 Å². The van der Waals surface area contributed by atoms with Gasteiger partial charge in [0, 0.05) is 10.0 Å². The summed E-state index contributed by atoms with van der Waals surface area (Å²) in [5.74, 6) is -3.03. The molecule has 0 spiro atoms. The fourth-order valence-corrected chi connectivity index (χ4v) is 1.85. The molecule has 19 heavy (non-hydrogen) atoms. The Balaban J connectivity index is 2.26. The zero-order valence-electron chi connectivity index (χ0n) is 9.38. The van der Waals surface area contributed by atoms with Crippen LogP contribution >= 0.6 is 15.9 Å². The van der Waals surface area contributed by atoms with Crippen molar-refractivity contribution in [1.82, 2.24) is 0 Å². The molecule has 2 rings (SSSR count). The van der Waals surface area contributed by atoms with E-state index < -0.39 is 29.0 Å². The topological polar surface area (TPSA) is 29.1 Å². The van der Waals surface area contributed by atoms with E-state index in [4.69, 9.17) is 0 Å². The number of amides is 1. The van der Waals surface area contributed by atoms with Gasteiger partial charge in [-0.3, -0.25) is 4.79 Å². The van der Waals surface area contributed by atoms with E-state index in [1.54, 1.807) is 0 Å². The minimum absolute atomic E-state index is 0.100. The molecule has 0 aliphatic heterocycles. The summed E-state index contributed by atoms with van der Waals surface area (Å²) in [6, 6.07) is 6.68. The third-order valence-corrected chi connectivity index (χ3v) is 2.81. The van der Waals surface area contributed by atoms with E-state index >= 15 is 0 Å². The molecule has 1 N–H and O–H groups in total. The Kier molecular flexibility index (Phi) is 3.90. The summed E-state index contributed by atoms with van der Waals surface area (Å²) in [6.07, 6.45) is 0. The highest BCUT2D eigenvalue weighted by Gasteiger charge is 2.14. The van der Waals surface area contributed by atoms with Gasteiger partial charge < -0.3 is 5.32 Å². The Morgan fingerprint density at radius 2 is 1.53 bits per heavy atom. The molecule has 0 aromatic heterocycles. The van der Waals surface area contributed by atoms with Gasteiger partial charge in [0.05, 0.1) is 0 Å². The molecule has 0 unspecified atom stereocenters. The molecule has 0 fully saturated rings. The predicted molar refractivity (Wildman–Crippen MR) is 68.4 cm³/mol. The van der Waals surface area contributed by atoms with Crippen molar-refractivity contribution in [2.24, 2.45) is 0 Å². The highest BCUT2D eigenvalue weighted by atomic mass is 79.9. The number of hydrogen-bond donors (Lipinski definition) is 1. The maximum Gasteiger partial charge on any atom is 0.255 e. The lowest BCUT2D eigenvalue weighted by Crippen LogP contribution is -2.14. The van der Waals surface area contributed by atoms with E-state index in [-0.39, 0.29) is 10.0 Å². The number of anilines is 1. The first-order valence-electron chi connectivity index (χ1n) is 5.19. The summed E-state index contributed by atoms with van der Waals surface area (Å²) in [4.78, 5) is 11.7. The third kappa shape index (κ3) is 3.14. The standard InChI is InChI=1S/C13H7BrF3NO/c14-8-5-10(16)12(11(17)6-8)18-13(19)7-1-3-9(15)4-2-7/h1-6H,(H,18,19). The zero-order valence-corrected chi connectivity index (χ0v) is 11.0. The Labute approximate surface area is 115 Å². The van der Waals surface area contributed by atoms with Crippen LogP contribution in [0.25, 0.3) is 0 Å². The zero-order chi connectivity index (χ0) is 14.0. The van der Waals surface area contributed by atoms with Crippen LogP contribution in [-0.2, 0) is 0 Å². The maximum atomic E-state index is 13.5. The van der Waals surface area contributed by atoms with Crippen molar-refractivity contribution in [3.63, 3.8) is 0 Å². The van der Waals surface area contributed by atoms with Crippen LogP contribution in [0.2, 0.25) is 0 Å². The van der Waals surface area contributed by atoms with E-state index in [2.05, 4.69) is 21.2 Å². The molecule has 0 aliphatic carbocycles. The van der Waals surface area contributed by atoms with Crippen molar-refractivity contribution in [2.45, 2.75) is 0 Å². The van der Waals surface area contributed by atoms with Crippen molar-refractivity contribution in [1.29, 1.82) is 0 Å². The van der Waals surface area contributed by atoms with Gasteiger partial charge in [-0.1, -0.05) is 15.9 Å². The first-order valence-corrected chi connectivity index (χ1v) is 5.98. The quantitative estimate of drug-likeness (QED) is 0.882. The van der Waals surface area contributed by atoms with Crippen LogP contribution in [0.5, 0.6) is 0 Å². The predicted octanol–water partition coefficient (Wildman–Crippen LogP) is 4.12. The SMILES string of the molecule is O=C(Nc1c(F)cc(Br)cc1F)c1ccc(F)cc1. The Morgan fingerprint density at radius 1 is 1.00 bits per heavy atom. The Morgan fingerprint density at radius 3 is 2.05 bits per heavy atom. The highest BCUT2D eigenvalue weighted by molar-refractivity contribution is 9.10. The molecular weight excluding hydrogens is 323 g/mol. The van der Waals surface area contributed by atoms with Crippen molar-refractivity contribution in [2.75, 3.05) is 5.32 Å². The second-order valence-corrected chi connectivity index (χ2v) is 4.62. The summed E-state index contributed by atoms with van der Waals surface area (Å²) in [7, 11) is 0. The first kappa shape index (κ1) is 13.6. The Bertz CT molecular complexity index is 605. The van der Waals surface area contributed by atoms with E-state index in [0.29, 0.717) is 0 Å². The number of hydrogen-bond acceptors (Lipinski definition) is 1. The molecule has 0 saturated carbocycles. The van der Waals surface area contributed by atoms with Gasteiger partial charge in [0.2, 0.25) is 0 Å². The van der Waals surface area contributed by atoms with E-state index in [9.17, 15) is 18.0 Å². The van der Waals surface area contributed by atoms with Gasteiger partial charge in [0.15, 0.2) is 11.6 Å². The fourth-order valence-electron chi connectivity index (χ4n) is 1.45. The lowest BCUT2D eigenvalue weighted by molar-refractivity contribution is 0.102. The van der Waals surface area contributed by atoms with Gasteiger partial charge in [0.25, 0.3) is 5.91 Å². The molecule has 0 atom stereocenters. The van der Waals surface area contributed by atoms with Gasteiger partial charge >= 0.3 is 0 Å². The van der Waals surface area contributed by atoms with Gasteiger partial charge in [0.1, 0.15) is 11.5 Å². The minimum atomic E-state index is -0.901. The van der Waals surface area contributed by atoms with E-state index in [0.717, 1.165) is 24.3 Å². The first-order chi connectivity index (χ1) is 8.97. The fraction of sp³-hybridized carbons (Fsp3) is 0. The van der Waals surface area contributed by atoms with Gasteiger partial charge in [-0.05, 0) is 36.4 Å². The maximum absolute atomic E-state index is 13.5. The molecule has 0 saturated heterocycles. The van der Waals surface area contributed by atoms with Crippen LogP contribution in [0.4, 0.5) is 18.9 Å². The average molecular weight is 330 g/mol. The lowest BCUT2D eigenvalue weighted by atomic mass is 10.2. The average Bonchev–Trinajstić information content (AvgIpc) is 2.34. The molecule has 2 nitrogen and oxygen atoms in total. The number of benzene rings is 2.